The lowest BCUT2D eigenvalue weighted by molar-refractivity contribution is -0.139. The molecule has 0 aliphatic carbocycles. The third-order valence-corrected chi connectivity index (χ3v) is 4.88. The average Bonchev–Trinajstić information content (AvgIpc) is 2.90. The summed E-state index contributed by atoms with van der Waals surface area (Å²) >= 11 is 0. The topological polar surface area (TPSA) is 82.1 Å². The Labute approximate surface area is 160 Å². The molecular formula is C17H26Cl2N4O2. The average molecular weight is 389 g/mol. The third kappa shape index (κ3) is 5.30. The van der Waals surface area contributed by atoms with E-state index in [1.807, 2.05) is 6.07 Å². The zero-order valence-corrected chi connectivity index (χ0v) is 16.1. The van der Waals surface area contributed by atoms with E-state index < -0.39 is 5.97 Å². The highest BCUT2D eigenvalue weighted by Crippen LogP contribution is 2.30. The van der Waals surface area contributed by atoms with Gasteiger partial charge in [0.2, 0.25) is 0 Å². The smallest absolute Gasteiger partial charge is 0.303 e. The predicted molar refractivity (Wildman–Crippen MR) is 103 cm³/mol. The number of aliphatic carboxylic acids is 1. The number of nitrogens with zero attached hydrogens (tertiary/aromatic N) is 3. The second-order valence-electron chi connectivity index (χ2n) is 6.78. The number of piperidine rings is 1. The van der Waals surface area contributed by atoms with Crippen molar-refractivity contribution in [2.24, 2.45) is 11.8 Å². The van der Waals surface area contributed by atoms with Gasteiger partial charge in [-0.25, -0.2) is 4.98 Å². The van der Waals surface area contributed by atoms with Crippen molar-refractivity contribution >= 4 is 41.8 Å². The Balaban J connectivity index is 0.00000156. The largest absolute Gasteiger partial charge is 0.481 e. The zero-order valence-electron chi connectivity index (χ0n) is 14.5. The Morgan fingerprint density at radius 1 is 1.40 bits per heavy atom. The van der Waals surface area contributed by atoms with Gasteiger partial charge < -0.3 is 15.0 Å². The lowest BCUT2D eigenvalue weighted by Crippen LogP contribution is -2.45. The molecule has 0 saturated carbocycles. The summed E-state index contributed by atoms with van der Waals surface area (Å²) in [5.41, 5.74) is 1.86. The van der Waals surface area contributed by atoms with E-state index >= 15 is 0 Å². The number of hydrogen-bond acceptors (Lipinski definition) is 4. The number of carboxylic acids is 1. The van der Waals surface area contributed by atoms with Crippen LogP contribution < -0.4 is 0 Å². The highest BCUT2D eigenvalue weighted by Gasteiger charge is 2.32. The molecule has 0 spiro atoms. The maximum absolute atomic E-state index is 11.2. The minimum Gasteiger partial charge on any atom is -0.481 e. The number of fused-ring (bicyclic) bond motifs is 1. The minimum absolute atomic E-state index is 0. The van der Waals surface area contributed by atoms with Crippen LogP contribution in [0.25, 0.3) is 11.0 Å². The van der Waals surface area contributed by atoms with Crippen molar-refractivity contribution in [1.82, 2.24) is 19.9 Å². The van der Waals surface area contributed by atoms with Crippen molar-refractivity contribution in [1.29, 1.82) is 0 Å². The van der Waals surface area contributed by atoms with Gasteiger partial charge in [-0.3, -0.25) is 9.78 Å². The Bertz CT molecular complexity index is 659. The Kier molecular flexibility index (Phi) is 8.12. The van der Waals surface area contributed by atoms with Crippen LogP contribution in [0, 0.1) is 11.8 Å². The maximum atomic E-state index is 11.2. The van der Waals surface area contributed by atoms with Crippen LogP contribution in [0.5, 0.6) is 0 Å². The van der Waals surface area contributed by atoms with Gasteiger partial charge >= 0.3 is 5.97 Å². The van der Waals surface area contributed by atoms with Crippen molar-refractivity contribution in [3.63, 3.8) is 0 Å². The van der Waals surface area contributed by atoms with E-state index in [2.05, 4.69) is 33.7 Å². The van der Waals surface area contributed by atoms with E-state index in [1.54, 1.807) is 12.4 Å². The molecule has 2 N–H and O–H groups in total. The maximum Gasteiger partial charge on any atom is 0.303 e. The molecule has 3 heterocycles. The lowest BCUT2D eigenvalue weighted by atomic mass is 9.80. The molecule has 0 amide bonds. The number of pyridine rings is 1. The molecule has 140 valence electrons. The molecule has 0 aromatic carbocycles. The summed E-state index contributed by atoms with van der Waals surface area (Å²) in [5, 5.41) is 9.19. The number of imidazole rings is 1. The van der Waals surface area contributed by atoms with Gasteiger partial charge in [0.1, 0.15) is 5.82 Å². The van der Waals surface area contributed by atoms with Crippen molar-refractivity contribution in [3.05, 3.63) is 24.3 Å². The molecule has 2 aromatic rings. The first kappa shape index (κ1) is 21.7. The van der Waals surface area contributed by atoms with E-state index in [0.29, 0.717) is 12.0 Å². The number of likely N-dealkylation sites (tertiary alicyclic amines) is 1. The highest BCUT2D eigenvalue weighted by molar-refractivity contribution is 5.85. The van der Waals surface area contributed by atoms with Crippen molar-refractivity contribution in [2.45, 2.75) is 39.2 Å². The molecule has 6 nitrogen and oxygen atoms in total. The predicted octanol–water partition coefficient (Wildman–Crippen LogP) is 3.17. The molecule has 0 unspecified atom stereocenters. The fourth-order valence-electron chi connectivity index (χ4n) is 3.56. The summed E-state index contributed by atoms with van der Waals surface area (Å²) < 4.78 is 0. The van der Waals surface area contributed by atoms with Gasteiger partial charge in [0.05, 0.1) is 17.2 Å². The number of carbonyl (C=O) groups is 1. The van der Waals surface area contributed by atoms with Crippen molar-refractivity contribution < 1.29 is 9.90 Å². The second kappa shape index (κ2) is 9.36. The van der Waals surface area contributed by atoms with Crippen LogP contribution in [0.4, 0.5) is 0 Å². The summed E-state index contributed by atoms with van der Waals surface area (Å²) in [4.78, 5) is 25.7. The van der Waals surface area contributed by atoms with E-state index in [-0.39, 0.29) is 37.2 Å². The molecule has 1 aliphatic heterocycles. The van der Waals surface area contributed by atoms with Gasteiger partial charge in [-0.15, -0.1) is 24.8 Å². The number of hydrogen-bond donors (Lipinski definition) is 2. The first-order valence-corrected chi connectivity index (χ1v) is 8.27. The molecular weight excluding hydrogens is 363 g/mol. The van der Waals surface area contributed by atoms with Crippen LogP contribution in [0.3, 0.4) is 0 Å². The van der Waals surface area contributed by atoms with Gasteiger partial charge in [0.15, 0.2) is 0 Å². The van der Waals surface area contributed by atoms with Crippen molar-refractivity contribution in [3.8, 4) is 0 Å². The summed E-state index contributed by atoms with van der Waals surface area (Å²) in [5.74, 6) is 0.760. The molecule has 8 heteroatoms. The highest BCUT2D eigenvalue weighted by atomic mass is 35.5. The second-order valence-corrected chi connectivity index (χ2v) is 6.78. The zero-order chi connectivity index (χ0) is 16.4. The molecule has 1 aliphatic rings. The standard InChI is InChI=1S/C17H24N4O2.2ClH/c1-11(2)21-6-4-12(8-17(22)23)13(10-21)7-16-19-14-3-5-18-9-15(14)20-16;;/h3,5,9,11-13H,4,6-8,10H2,1-2H3,(H,19,20)(H,22,23);2*1H/t12-,13-;;/m0../s1. The molecule has 1 fully saturated rings. The summed E-state index contributed by atoms with van der Waals surface area (Å²) in [6.07, 6.45) is 5.49. The fourth-order valence-corrected chi connectivity index (χ4v) is 3.56. The van der Waals surface area contributed by atoms with E-state index in [0.717, 1.165) is 42.8 Å². The first-order chi connectivity index (χ1) is 11.0. The van der Waals surface area contributed by atoms with Gasteiger partial charge in [-0.1, -0.05) is 0 Å². The van der Waals surface area contributed by atoms with Crippen LogP contribution in [0.1, 0.15) is 32.5 Å². The van der Waals surface area contributed by atoms with Crippen LogP contribution in [-0.2, 0) is 11.2 Å². The molecule has 1 saturated heterocycles. The number of nitrogens with one attached hydrogen (secondary N) is 1. The van der Waals surface area contributed by atoms with Gasteiger partial charge in [-0.05, 0) is 44.7 Å². The number of H-pyrrole nitrogens is 1. The van der Waals surface area contributed by atoms with Crippen LogP contribution in [-0.4, -0.2) is 50.1 Å². The van der Waals surface area contributed by atoms with Crippen LogP contribution in [0.15, 0.2) is 18.5 Å². The van der Waals surface area contributed by atoms with E-state index in [9.17, 15) is 9.90 Å². The fraction of sp³-hybridized carbons (Fsp3) is 0.588. The van der Waals surface area contributed by atoms with Gasteiger partial charge in [0.25, 0.3) is 0 Å². The molecule has 2 atom stereocenters. The summed E-state index contributed by atoms with van der Waals surface area (Å²) in [7, 11) is 0. The number of carboxylic acid groups (broad SMARTS) is 1. The number of rotatable bonds is 5. The summed E-state index contributed by atoms with van der Waals surface area (Å²) in [6.45, 7) is 6.31. The number of aromatic nitrogens is 3. The number of aromatic amines is 1. The normalized spacial score (nSPS) is 20.9. The molecule has 0 radical (unpaired) electrons. The van der Waals surface area contributed by atoms with Gasteiger partial charge in [-0.2, -0.15) is 0 Å². The Morgan fingerprint density at radius 2 is 2.16 bits per heavy atom. The van der Waals surface area contributed by atoms with Crippen LogP contribution >= 0.6 is 24.8 Å². The number of halogens is 2. The monoisotopic (exact) mass is 388 g/mol. The first-order valence-electron chi connectivity index (χ1n) is 8.27. The van der Waals surface area contributed by atoms with E-state index in [4.69, 9.17) is 0 Å². The van der Waals surface area contributed by atoms with Crippen molar-refractivity contribution in [2.75, 3.05) is 13.1 Å². The van der Waals surface area contributed by atoms with E-state index in [1.165, 1.54) is 0 Å². The van der Waals surface area contributed by atoms with Crippen LogP contribution in [0.2, 0.25) is 0 Å². The molecule has 3 rings (SSSR count). The summed E-state index contributed by atoms with van der Waals surface area (Å²) in [6, 6.07) is 2.38. The SMILES string of the molecule is CC(C)N1CC[C@@H](CC(=O)O)[C@@H](Cc2nc3ccncc3[nH]2)C1.Cl.Cl. The molecule has 25 heavy (non-hydrogen) atoms. The van der Waals surface area contributed by atoms with Gasteiger partial charge in [0, 0.05) is 31.6 Å². The lowest BCUT2D eigenvalue weighted by Gasteiger charge is -2.40. The minimum atomic E-state index is -0.702. The Morgan fingerprint density at radius 3 is 2.80 bits per heavy atom. The Hall–Kier alpha value is -1.37. The third-order valence-electron chi connectivity index (χ3n) is 4.88. The quantitative estimate of drug-likeness (QED) is 0.821. The molecule has 0 bridgehead atoms. The molecule has 2 aromatic heterocycles.